The van der Waals surface area contributed by atoms with E-state index in [9.17, 15) is 17.6 Å². The molecular weight excluding hydrogens is 405 g/mol. The van der Waals surface area contributed by atoms with Crippen LogP contribution >= 0.6 is 11.6 Å². The molecule has 2 aliphatic rings. The van der Waals surface area contributed by atoms with Crippen LogP contribution in [0.1, 0.15) is 46.5 Å². The fourth-order valence-corrected chi connectivity index (χ4v) is 6.14. The van der Waals surface area contributed by atoms with Gasteiger partial charge in [-0.3, -0.25) is 4.79 Å². The van der Waals surface area contributed by atoms with Gasteiger partial charge in [0, 0.05) is 11.5 Å². The Morgan fingerprint density at radius 1 is 1.36 bits per heavy atom. The molecule has 2 fully saturated rings. The number of carbonyl (C=O) groups excluding carboxylic acids is 1. The highest BCUT2D eigenvalue weighted by Gasteiger charge is 2.48. The van der Waals surface area contributed by atoms with Gasteiger partial charge in [-0.25, -0.2) is 12.8 Å². The van der Waals surface area contributed by atoms with Crippen LogP contribution in [0.15, 0.2) is 23.1 Å². The Hall–Kier alpha value is -1.18. The topological polar surface area (TPSA) is 72.5 Å². The van der Waals surface area contributed by atoms with Gasteiger partial charge in [-0.15, -0.1) is 0 Å². The molecule has 1 N–H and O–H groups in total. The van der Waals surface area contributed by atoms with Gasteiger partial charge in [0.2, 0.25) is 5.91 Å². The molecule has 0 radical (unpaired) electrons. The number of amides is 1. The molecule has 156 valence electrons. The largest absolute Gasteiger partial charge is 0.378 e. The molecule has 2 saturated carbocycles. The molecular formula is C20H27ClFNO4S. The summed E-state index contributed by atoms with van der Waals surface area (Å²) in [5.74, 6) is -1.33. The van der Waals surface area contributed by atoms with Gasteiger partial charge in [0.15, 0.2) is 9.84 Å². The molecule has 1 amide bonds. The standard InChI is InChI=1S/C20H27ClFNO4S/c1-12(2)27-11-13-8-15(10-16(13)19(24)23-20(3)6-7-20)28(25,26)18-5-4-14(22)9-17(18)21/h4-5,9,12-13,15-16H,6-8,10-11H2,1-3H3,(H,23,24). The summed E-state index contributed by atoms with van der Waals surface area (Å²) in [5, 5.41) is 2.17. The second-order valence-electron chi connectivity index (χ2n) is 8.51. The molecule has 0 saturated heterocycles. The van der Waals surface area contributed by atoms with Crippen LogP contribution in [-0.2, 0) is 19.4 Å². The van der Waals surface area contributed by atoms with Crippen LogP contribution < -0.4 is 5.32 Å². The van der Waals surface area contributed by atoms with Crippen molar-refractivity contribution in [3.8, 4) is 0 Å². The van der Waals surface area contributed by atoms with E-state index in [4.69, 9.17) is 16.3 Å². The lowest BCUT2D eigenvalue weighted by molar-refractivity contribution is -0.127. The average molecular weight is 432 g/mol. The van der Waals surface area contributed by atoms with E-state index in [-0.39, 0.29) is 39.8 Å². The maximum atomic E-state index is 13.3. The SMILES string of the molecule is CC(C)OCC1CC(S(=O)(=O)c2ccc(F)cc2Cl)CC1C(=O)NC1(C)CC1. The van der Waals surface area contributed by atoms with E-state index >= 15 is 0 Å². The number of rotatable bonds is 7. The first-order chi connectivity index (χ1) is 13.0. The zero-order chi connectivity index (χ0) is 20.7. The molecule has 3 atom stereocenters. The molecule has 0 aromatic heterocycles. The Balaban J connectivity index is 1.82. The second-order valence-corrected chi connectivity index (χ2v) is 11.1. The summed E-state index contributed by atoms with van der Waals surface area (Å²) >= 11 is 6.00. The summed E-state index contributed by atoms with van der Waals surface area (Å²) in [7, 11) is -3.79. The number of nitrogens with one attached hydrogen (secondary N) is 1. The monoisotopic (exact) mass is 431 g/mol. The fraction of sp³-hybridized carbons (Fsp3) is 0.650. The minimum Gasteiger partial charge on any atom is -0.378 e. The van der Waals surface area contributed by atoms with Crippen LogP contribution in [-0.4, -0.2) is 37.8 Å². The predicted molar refractivity (Wildman–Crippen MR) is 105 cm³/mol. The van der Waals surface area contributed by atoms with E-state index < -0.39 is 26.8 Å². The van der Waals surface area contributed by atoms with E-state index in [1.165, 1.54) is 6.07 Å². The van der Waals surface area contributed by atoms with Crippen molar-refractivity contribution in [3.05, 3.63) is 29.0 Å². The number of hydrogen-bond acceptors (Lipinski definition) is 4. The molecule has 0 spiro atoms. The third-order valence-corrected chi connectivity index (χ3v) is 8.35. The van der Waals surface area contributed by atoms with E-state index in [0.717, 1.165) is 25.0 Å². The number of benzene rings is 1. The average Bonchev–Trinajstić information content (AvgIpc) is 3.15. The fourth-order valence-electron chi connectivity index (χ4n) is 3.74. The summed E-state index contributed by atoms with van der Waals surface area (Å²) in [6.07, 6.45) is 2.39. The lowest BCUT2D eigenvalue weighted by Crippen LogP contribution is -2.40. The van der Waals surface area contributed by atoms with Gasteiger partial charge in [-0.2, -0.15) is 0 Å². The third-order valence-electron chi connectivity index (χ3n) is 5.70. The number of sulfone groups is 1. The highest BCUT2D eigenvalue weighted by molar-refractivity contribution is 7.92. The van der Waals surface area contributed by atoms with Crippen molar-refractivity contribution in [1.82, 2.24) is 5.32 Å². The molecule has 0 heterocycles. The molecule has 28 heavy (non-hydrogen) atoms. The van der Waals surface area contributed by atoms with Crippen molar-refractivity contribution in [1.29, 1.82) is 0 Å². The van der Waals surface area contributed by atoms with Crippen molar-refractivity contribution in [2.75, 3.05) is 6.61 Å². The first-order valence-corrected chi connectivity index (χ1v) is 11.6. The Labute approximate surface area is 170 Å². The molecule has 0 aliphatic heterocycles. The highest BCUT2D eigenvalue weighted by Crippen LogP contribution is 2.42. The molecule has 3 rings (SSSR count). The predicted octanol–water partition coefficient (Wildman–Crippen LogP) is 3.74. The number of ether oxygens (including phenoxy) is 1. The lowest BCUT2D eigenvalue weighted by atomic mass is 9.95. The zero-order valence-corrected chi connectivity index (χ0v) is 17.9. The Morgan fingerprint density at radius 3 is 2.61 bits per heavy atom. The van der Waals surface area contributed by atoms with Gasteiger partial charge in [0.05, 0.1) is 27.9 Å². The summed E-state index contributed by atoms with van der Waals surface area (Å²) < 4.78 is 45.3. The summed E-state index contributed by atoms with van der Waals surface area (Å²) in [6, 6.07) is 3.29. The van der Waals surface area contributed by atoms with Crippen LogP contribution in [0.5, 0.6) is 0 Å². The molecule has 3 unspecified atom stereocenters. The Kier molecular flexibility index (Phi) is 6.09. The molecule has 2 aliphatic carbocycles. The Morgan fingerprint density at radius 2 is 2.04 bits per heavy atom. The minimum atomic E-state index is -3.79. The smallest absolute Gasteiger partial charge is 0.223 e. The summed E-state index contributed by atoms with van der Waals surface area (Å²) in [6.45, 7) is 6.13. The maximum absolute atomic E-state index is 13.3. The Bertz CT molecular complexity index is 854. The van der Waals surface area contributed by atoms with E-state index in [0.29, 0.717) is 13.0 Å². The van der Waals surface area contributed by atoms with Crippen LogP contribution in [0.4, 0.5) is 4.39 Å². The van der Waals surface area contributed by atoms with Gasteiger partial charge in [0.25, 0.3) is 0 Å². The molecule has 1 aromatic carbocycles. The molecule has 8 heteroatoms. The van der Waals surface area contributed by atoms with E-state index in [2.05, 4.69) is 5.32 Å². The molecule has 5 nitrogen and oxygen atoms in total. The van der Waals surface area contributed by atoms with E-state index in [1.807, 2.05) is 20.8 Å². The number of halogens is 2. The minimum absolute atomic E-state index is 0.00754. The normalized spacial score (nSPS) is 26.4. The third kappa shape index (κ3) is 4.69. The van der Waals surface area contributed by atoms with E-state index in [1.54, 1.807) is 0 Å². The van der Waals surface area contributed by atoms with Crippen molar-refractivity contribution in [3.63, 3.8) is 0 Å². The maximum Gasteiger partial charge on any atom is 0.223 e. The van der Waals surface area contributed by atoms with Crippen molar-refractivity contribution in [2.24, 2.45) is 11.8 Å². The quantitative estimate of drug-likeness (QED) is 0.667. The van der Waals surface area contributed by atoms with Gasteiger partial charge in [-0.05, 0) is 70.6 Å². The van der Waals surface area contributed by atoms with Gasteiger partial charge in [-0.1, -0.05) is 11.6 Å². The van der Waals surface area contributed by atoms with Crippen LogP contribution in [0.3, 0.4) is 0 Å². The summed E-state index contributed by atoms with van der Waals surface area (Å²) in [5.41, 5.74) is -0.169. The van der Waals surface area contributed by atoms with Gasteiger partial charge >= 0.3 is 0 Å². The first kappa shape index (κ1) is 21.5. The van der Waals surface area contributed by atoms with Crippen LogP contribution in [0, 0.1) is 17.7 Å². The lowest BCUT2D eigenvalue weighted by Gasteiger charge is -2.22. The molecule has 0 bridgehead atoms. The van der Waals surface area contributed by atoms with Gasteiger partial charge in [0.1, 0.15) is 5.82 Å². The molecule has 1 aromatic rings. The summed E-state index contributed by atoms with van der Waals surface area (Å²) in [4.78, 5) is 12.8. The van der Waals surface area contributed by atoms with Crippen molar-refractivity contribution >= 4 is 27.3 Å². The second kappa shape index (κ2) is 7.92. The van der Waals surface area contributed by atoms with Crippen molar-refractivity contribution < 1.29 is 22.3 Å². The zero-order valence-electron chi connectivity index (χ0n) is 16.4. The number of carbonyl (C=O) groups is 1. The first-order valence-electron chi connectivity index (χ1n) is 9.64. The number of hydrogen-bond donors (Lipinski definition) is 1. The highest BCUT2D eigenvalue weighted by atomic mass is 35.5. The van der Waals surface area contributed by atoms with Crippen LogP contribution in [0.2, 0.25) is 5.02 Å². The van der Waals surface area contributed by atoms with Gasteiger partial charge < -0.3 is 10.1 Å². The van der Waals surface area contributed by atoms with Crippen molar-refractivity contribution in [2.45, 2.75) is 68.2 Å². The van der Waals surface area contributed by atoms with Crippen LogP contribution in [0.25, 0.3) is 0 Å².